The number of carbonyl (C=O) groups excluding carboxylic acids is 2. The number of unbranched alkanes of at least 4 members (excludes halogenated alkanes) is 1. The van der Waals surface area contributed by atoms with E-state index >= 15 is 0 Å². The zero-order valence-electron chi connectivity index (χ0n) is 17.5. The van der Waals surface area contributed by atoms with E-state index in [0.717, 1.165) is 4.90 Å². The maximum Gasteiger partial charge on any atom is 0.452 e. The summed E-state index contributed by atoms with van der Waals surface area (Å²) in [5.41, 5.74) is 5.19. The van der Waals surface area contributed by atoms with Crippen LogP contribution in [0.5, 0.6) is 0 Å². The third kappa shape index (κ3) is 6.28. The number of halogens is 5. The summed E-state index contributed by atoms with van der Waals surface area (Å²) in [7, 11) is 0. The molecule has 2 amide bonds. The fourth-order valence-corrected chi connectivity index (χ4v) is 3.43. The van der Waals surface area contributed by atoms with Gasteiger partial charge < -0.3 is 20.4 Å². The lowest BCUT2D eigenvalue weighted by Gasteiger charge is -2.20. The van der Waals surface area contributed by atoms with Gasteiger partial charge in [0.1, 0.15) is 0 Å². The molecule has 1 aliphatic rings. The van der Waals surface area contributed by atoms with E-state index in [1.807, 2.05) is 0 Å². The molecule has 3 rings (SSSR count). The Labute approximate surface area is 186 Å². The van der Waals surface area contributed by atoms with Gasteiger partial charge >= 0.3 is 6.18 Å². The summed E-state index contributed by atoms with van der Waals surface area (Å²) in [6, 6.07) is 6.90. The number of oxazole rings is 1. The average molecular weight is 474 g/mol. The molecule has 7 nitrogen and oxygen atoms in total. The van der Waals surface area contributed by atoms with Crippen LogP contribution in [-0.2, 0) is 11.0 Å². The molecule has 33 heavy (non-hydrogen) atoms. The molecule has 0 bridgehead atoms. The number of amides is 2. The molecule has 1 atom stereocenters. The summed E-state index contributed by atoms with van der Waals surface area (Å²) in [5, 5.41) is 2.35. The van der Waals surface area contributed by atoms with Crippen molar-refractivity contribution in [1.82, 2.24) is 15.2 Å². The SMILES string of the molecule is N[C@@H](CCCCNC(=O)c1nc(-c2ccccc2)oc1C(F)(F)F)C(=O)N1CCC(F)(F)C1. The zero-order chi connectivity index (χ0) is 24.2. The number of nitrogens with two attached hydrogens (primary N) is 1. The van der Waals surface area contributed by atoms with Gasteiger partial charge in [0.25, 0.3) is 11.8 Å². The molecule has 1 fully saturated rings. The minimum atomic E-state index is -4.91. The fraction of sp³-hybridized carbons (Fsp3) is 0.476. The maximum atomic E-state index is 13.3. The number of alkyl halides is 5. The first-order valence-corrected chi connectivity index (χ1v) is 10.3. The second kappa shape index (κ2) is 9.86. The van der Waals surface area contributed by atoms with Gasteiger partial charge in [-0.2, -0.15) is 13.2 Å². The molecule has 180 valence electrons. The van der Waals surface area contributed by atoms with Gasteiger partial charge in [0.15, 0.2) is 5.69 Å². The van der Waals surface area contributed by atoms with Crippen LogP contribution in [0.3, 0.4) is 0 Å². The lowest BCUT2D eigenvalue weighted by Crippen LogP contribution is -2.43. The van der Waals surface area contributed by atoms with Gasteiger partial charge in [0.2, 0.25) is 17.6 Å². The highest BCUT2D eigenvalue weighted by Gasteiger charge is 2.42. The van der Waals surface area contributed by atoms with Crippen LogP contribution in [0, 0.1) is 0 Å². The number of aromatic nitrogens is 1. The summed E-state index contributed by atoms with van der Waals surface area (Å²) < 4.78 is 71.2. The maximum absolute atomic E-state index is 13.3. The molecule has 0 aliphatic carbocycles. The summed E-state index contributed by atoms with van der Waals surface area (Å²) >= 11 is 0. The van der Waals surface area contributed by atoms with E-state index < -0.39 is 54.4 Å². The van der Waals surface area contributed by atoms with Crippen LogP contribution in [0.2, 0.25) is 0 Å². The summed E-state index contributed by atoms with van der Waals surface area (Å²) in [5.74, 6) is -6.34. The highest BCUT2D eigenvalue weighted by atomic mass is 19.4. The number of benzene rings is 1. The first-order chi connectivity index (χ1) is 15.5. The van der Waals surface area contributed by atoms with Crippen molar-refractivity contribution in [3.05, 3.63) is 41.8 Å². The van der Waals surface area contributed by atoms with Crippen LogP contribution in [0.4, 0.5) is 22.0 Å². The van der Waals surface area contributed by atoms with Crippen LogP contribution in [0.25, 0.3) is 11.5 Å². The third-order valence-corrected chi connectivity index (χ3v) is 5.15. The van der Waals surface area contributed by atoms with Crippen molar-refractivity contribution in [1.29, 1.82) is 0 Å². The standard InChI is InChI=1S/C21H23F5N4O3/c22-20(23)9-11-30(12-20)19(32)14(27)8-4-5-10-28-17(31)15-16(21(24,25)26)33-18(29-15)13-6-2-1-3-7-13/h1-3,6-7,14H,4-5,8-12,27H2,(H,28,31)/t14-/m0/s1. The predicted molar refractivity (Wildman–Crippen MR) is 107 cm³/mol. The molecule has 2 heterocycles. The highest BCUT2D eigenvalue weighted by Crippen LogP contribution is 2.35. The summed E-state index contributed by atoms with van der Waals surface area (Å²) in [6.07, 6.45) is -4.45. The third-order valence-electron chi connectivity index (χ3n) is 5.15. The van der Waals surface area contributed by atoms with Crippen molar-refractivity contribution in [2.75, 3.05) is 19.6 Å². The van der Waals surface area contributed by atoms with Gasteiger partial charge in [-0.3, -0.25) is 9.59 Å². The molecule has 0 saturated carbocycles. The van der Waals surface area contributed by atoms with E-state index in [4.69, 9.17) is 10.2 Å². The van der Waals surface area contributed by atoms with Gasteiger partial charge in [-0.25, -0.2) is 13.8 Å². The largest absolute Gasteiger partial charge is 0.452 e. The topological polar surface area (TPSA) is 101 Å². The Bertz CT molecular complexity index is 978. The number of nitrogens with one attached hydrogen (secondary N) is 1. The second-order valence-corrected chi connectivity index (χ2v) is 7.78. The van der Waals surface area contributed by atoms with E-state index in [0.29, 0.717) is 12.8 Å². The molecule has 0 unspecified atom stereocenters. The number of hydrogen-bond donors (Lipinski definition) is 2. The van der Waals surface area contributed by atoms with Crippen LogP contribution in [0.1, 0.15) is 41.9 Å². The Morgan fingerprint density at radius 2 is 1.91 bits per heavy atom. The Morgan fingerprint density at radius 1 is 1.21 bits per heavy atom. The summed E-state index contributed by atoms with van der Waals surface area (Å²) in [4.78, 5) is 29.2. The van der Waals surface area contributed by atoms with Crippen molar-refractivity contribution >= 4 is 11.8 Å². The molecule has 0 spiro atoms. The number of likely N-dealkylation sites (tertiary alicyclic amines) is 1. The Balaban J connectivity index is 1.51. The molecule has 1 aromatic carbocycles. The van der Waals surface area contributed by atoms with Gasteiger partial charge in [-0.15, -0.1) is 0 Å². The van der Waals surface area contributed by atoms with Gasteiger partial charge in [0, 0.05) is 25.1 Å². The minimum absolute atomic E-state index is 0.00631. The molecule has 2 aromatic rings. The quantitative estimate of drug-likeness (QED) is 0.451. The Morgan fingerprint density at radius 3 is 2.52 bits per heavy atom. The van der Waals surface area contributed by atoms with Crippen molar-refractivity contribution < 1.29 is 36.0 Å². The molecule has 1 aromatic heterocycles. The van der Waals surface area contributed by atoms with Crippen molar-refractivity contribution in [3.63, 3.8) is 0 Å². The van der Waals surface area contributed by atoms with Crippen LogP contribution in [-0.4, -0.2) is 53.3 Å². The number of hydrogen-bond acceptors (Lipinski definition) is 5. The average Bonchev–Trinajstić information content (AvgIpc) is 3.37. The Kier molecular flexibility index (Phi) is 7.35. The zero-order valence-corrected chi connectivity index (χ0v) is 17.5. The Hall–Kier alpha value is -3.02. The predicted octanol–water partition coefficient (Wildman–Crippen LogP) is 3.46. The van der Waals surface area contributed by atoms with Crippen molar-refractivity contribution in [2.45, 2.75) is 43.8 Å². The van der Waals surface area contributed by atoms with Gasteiger partial charge in [0.05, 0.1) is 12.6 Å². The van der Waals surface area contributed by atoms with E-state index in [9.17, 15) is 31.5 Å². The molecule has 1 aliphatic heterocycles. The van der Waals surface area contributed by atoms with Crippen molar-refractivity contribution in [2.24, 2.45) is 5.73 Å². The van der Waals surface area contributed by atoms with E-state index in [1.54, 1.807) is 18.2 Å². The van der Waals surface area contributed by atoms with Crippen molar-refractivity contribution in [3.8, 4) is 11.5 Å². The monoisotopic (exact) mass is 474 g/mol. The molecule has 12 heteroatoms. The van der Waals surface area contributed by atoms with Crippen LogP contribution in [0.15, 0.2) is 34.7 Å². The fourth-order valence-electron chi connectivity index (χ4n) is 3.43. The second-order valence-electron chi connectivity index (χ2n) is 7.78. The number of carbonyl (C=O) groups is 2. The smallest absolute Gasteiger partial charge is 0.431 e. The molecular weight excluding hydrogens is 451 g/mol. The molecular formula is C21H23F5N4O3. The lowest BCUT2D eigenvalue weighted by molar-refractivity contribution is -0.153. The van der Waals surface area contributed by atoms with E-state index in [-0.39, 0.29) is 31.0 Å². The number of rotatable bonds is 8. The minimum Gasteiger partial charge on any atom is -0.431 e. The lowest BCUT2D eigenvalue weighted by atomic mass is 10.1. The molecule has 1 saturated heterocycles. The van der Waals surface area contributed by atoms with Gasteiger partial charge in [-0.1, -0.05) is 18.2 Å². The van der Waals surface area contributed by atoms with Crippen LogP contribution < -0.4 is 11.1 Å². The first-order valence-electron chi connectivity index (χ1n) is 10.3. The van der Waals surface area contributed by atoms with E-state index in [2.05, 4.69) is 10.3 Å². The van der Waals surface area contributed by atoms with Crippen LogP contribution >= 0.6 is 0 Å². The molecule has 3 N–H and O–H groups in total. The van der Waals surface area contributed by atoms with Gasteiger partial charge in [-0.05, 0) is 31.4 Å². The number of nitrogens with zero attached hydrogens (tertiary/aromatic N) is 2. The first kappa shape index (κ1) is 24.6. The highest BCUT2D eigenvalue weighted by molar-refractivity contribution is 5.94. The summed E-state index contributed by atoms with van der Waals surface area (Å²) in [6.45, 7) is -0.702. The molecule has 0 radical (unpaired) electrons. The normalized spacial score (nSPS) is 16.6. The van der Waals surface area contributed by atoms with E-state index in [1.165, 1.54) is 12.1 Å².